The van der Waals surface area contributed by atoms with Gasteiger partial charge in [0, 0.05) is 12.2 Å². The van der Waals surface area contributed by atoms with Crippen LogP contribution in [0.3, 0.4) is 0 Å². The summed E-state index contributed by atoms with van der Waals surface area (Å²) in [5, 5.41) is 33.8. The molecule has 0 aliphatic heterocycles. The summed E-state index contributed by atoms with van der Waals surface area (Å²) >= 11 is 3.95. The zero-order valence-corrected chi connectivity index (χ0v) is 17.9. The fraction of sp³-hybridized carbons (Fsp3) is 0.421. The van der Waals surface area contributed by atoms with E-state index >= 15 is 0 Å². The van der Waals surface area contributed by atoms with Gasteiger partial charge in [0.25, 0.3) is 0 Å². The number of carboxylic acids is 2. The van der Waals surface area contributed by atoms with Crippen molar-refractivity contribution in [1.29, 1.82) is 0 Å². The molecule has 0 fully saturated rings. The molecule has 0 radical (unpaired) electrons. The quantitative estimate of drug-likeness (QED) is 0.153. The molecule has 1 aromatic carbocycles. The lowest BCUT2D eigenvalue weighted by Gasteiger charge is -2.20. The van der Waals surface area contributed by atoms with Gasteiger partial charge in [-0.3, -0.25) is 19.2 Å². The Morgan fingerprint density at radius 3 is 2.12 bits per heavy atom. The van der Waals surface area contributed by atoms with E-state index in [4.69, 9.17) is 15.9 Å². The number of benzene rings is 1. The van der Waals surface area contributed by atoms with E-state index < -0.39 is 60.8 Å². The summed E-state index contributed by atoms with van der Waals surface area (Å²) in [6, 6.07) is 2.49. The molecule has 13 heteroatoms. The molecule has 0 bridgehead atoms. The van der Waals surface area contributed by atoms with Crippen molar-refractivity contribution in [3.8, 4) is 5.75 Å². The Morgan fingerprint density at radius 1 is 0.969 bits per heavy atom. The van der Waals surface area contributed by atoms with Gasteiger partial charge in [0.2, 0.25) is 17.7 Å². The Labute approximate surface area is 189 Å². The Kier molecular flexibility index (Phi) is 11.0. The van der Waals surface area contributed by atoms with Crippen LogP contribution in [0.2, 0.25) is 0 Å². The summed E-state index contributed by atoms with van der Waals surface area (Å²) in [5.74, 6) is -4.94. The standard InChI is InChI=1S/C19H26N4O8S/c20-12(7-10-1-3-11(24)4-2-10)17(28)21-8-15(25)22-14(9-32)18(29)23-13(19(30)31)5-6-16(26)27/h1-4,12-14,24,32H,5-9,20H2,(H,21,28)(H,22,25)(H,23,29)(H,26,27)(H,30,31). The molecule has 3 unspecified atom stereocenters. The van der Waals surface area contributed by atoms with Crippen LogP contribution in [0.15, 0.2) is 24.3 Å². The number of phenols is 1. The first-order valence-electron chi connectivity index (χ1n) is 9.49. The van der Waals surface area contributed by atoms with E-state index in [0.717, 1.165) is 0 Å². The van der Waals surface area contributed by atoms with Crippen LogP contribution < -0.4 is 21.7 Å². The number of carbonyl (C=O) groups is 5. The zero-order chi connectivity index (χ0) is 24.3. The average molecular weight is 471 g/mol. The topological polar surface area (TPSA) is 208 Å². The van der Waals surface area contributed by atoms with E-state index in [-0.39, 0.29) is 24.3 Å². The number of nitrogens with two attached hydrogens (primary N) is 1. The van der Waals surface area contributed by atoms with Gasteiger partial charge in [-0.2, -0.15) is 12.6 Å². The van der Waals surface area contributed by atoms with Gasteiger partial charge in [-0.25, -0.2) is 4.79 Å². The Balaban J connectivity index is 2.52. The number of hydrogen-bond acceptors (Lipinski definition) is 8. The highest BCUT2D eigenvalue weighted by Crippen LogP contribution is 2.10. The summed E-state index contributed by atoms with van der Waals surface area (Å²) < 4.78 is 0. The van der Waals surface area contributed by atoms with Crippen molar-refractivity contribution in [2.75, 3.05) is 12.3 Å². The lowest BCUT2D eigenvalue weighted by Crippen LogP contribution is -2.54. The van der Waals surface area contributed by atoms with Crippen LogP contribution in [-0.4, -0.2) is 75.4 Å². The van der Waals surface area contributed by atoms with Crippen LogP contribution in [0.1, 0.15) is 18.4 Å². The second kappa shape index (κ2) is 13.2. The van der Waals surface area contributed by atoms with Crippen LogP contribution in [0.5, 0.6) is 5.75 Å². The number of carboxylic acid groups (broad SMARTS) is 2. The van der Waals surface area contributed by atoms with Gasteiger partial charge in [0.05, 0.1) is 12.6 Å². The van der Waals surface area contributed by atoms with E-state index in [1.165, 1.54) is 12.1 Å². The number of phenolic OH excluding ortho intramolecular Hbond substituents is 1. The summed E-state index contributed by atoms with van der Waals surface area (Å²) in [7, 11) is 0. The normalized spacial score (nSPS) is 13.3. The number of carbonyl (C=O) groups excluding carboxylic acids is 3. The van der Waals surface area contributed by atoms with Crippen LogP contribution in [0, 0.1) is 0 Å². The third-order valence-corrected chi connectivity index (χ3v) is 4.61. The number of aliphatic carboxylic acids is 2. The van der Waals surface area contributed by atoms with Gasteiger partial charge < -0.3 is 37.0 Å². The lowest BCUT2D eigenvalue weighted by atomic mass is 10.1. The minimum Gasteiger partial charge on any atom is -0.508 e. The number of hydrogen-bond donors (Lipinski definition) is 8. The highest BCUT2D eigenvalue weighted by Gasteiger charge is 2.26. The predicted octanol–water partition coefficient (Wildman–Crippen LogP) is -1.77. The summed E-state index contributed by atoms with van der Waals surface area (Å²) in [4.78, 5) is 58.2. The number of nitrogens with one attached hydrogen (secondary N) is 3. The number of aromatic hydroxyl groups is 1. The summed E-state index contributed by atoms with van der Waals surface area (Å²) in [6.45, 7) is -0.485. The van der Waals surface area contributed by atoms with Crippen molar-refractivity contribution < 1.29 is 39.3 Å². The minimum absolute atomic E-state index is 0.0720. The molecule has 1 aromatic rings. The number of rotatable bonds is 13. The van der Waals surface area contributed by atoms with E-state index in [0.29, 0.717) is 5.56 Å². The van der Waals surface area contributed by atoms with Crippen LogP contribution in [0.25, 0.3) is 0 Å². The number of amides is 3. The first-order valence-corrected chi connectivity index (χ1v) is 10.1. The molecule has 0 aliphatic rings. The highest BCUT2D eigenvalue weighted by atomic mass is 32.1. The minimum atomic E-state index is -1.45. The largest absolute Gasteiger partial charge is 0.508 e. The van der Waals surface area contributed by atoms with Crippen molar-refractivity contribution >= 4 is 42.3 Å². The lowest BCUT2D eigenvalue weighted by molar-refractivity contribution is -0.143. The fourth-order valence-corrected chi connectivity index (χ4v) is 2.77. The molecule has 0 saturated heterocycles. The van der Waals surface area contributed by atoms with Gasteiger partial charge in [0.1, 0.15) is 17.8 Å². The second-order valence-corrected chi connectivity index (χ2v) is 7.19. The van der Waals surface area contributed by atoms with E-state index in [9.17, 15) is 29.1 Å². The fourth-order valence-electron chi connectivity index (χ4n) is 2.51. The van der Waals surface area contributed by atoms with Gasteiger partial charge in [0.15, 0.2) is 0 Å². The second-order valence-electron chi connectivity index (χ2n) is 6.83. The van der Waals surface area contributed by atoms with Crippen LogP contribution >= 0.6 is 12.6 Å². The van der Waals surface area contributed by atoms with Crippen LogP contribution in [0.4, 0.5) is 0 Å². The molecular formula is C19H26N4O8S. The molecule has 176 valence electrons. The molecular weight excluding hydrogens is 444 g/mol. The average Bonchev–Trinajstić information content (AvgIpc) is 2.74. The molecule has 0 saturated carbocycles. The molecule has 8 N–H and O–H groups in total. The highest BCUT2D eigenvalue weighted by molar-refractivity contribution is 7.80. The van der Waals surface area contributed by atoms with Gasteiger partial charge in [-0.05, 0) is 30.5 Å². The number of thiol groups is 1. The molecule has 3 amide bonds. The van der Waals surface area contributed by atoms with E-state index in [1.807, 2.05) is 0 Å². The smallest absolute Gasteiger partial charge is 0.326 e. The van der Waals surface area contributed by atoms with Gasteiger partial charge in [-0.1, -0.05) is 12.1 Å². The molecule has 1 rings (SSSR count). The predicted molar refractivity (Wildman–Crippen MR) is 115 cm³/mol. The first-order chi connectivity index (χ1) is 15.0. The Hall–Kier alpha value is -3.32. The van der Waals surface area contributed by atoms with E-state index in [1.54, 1.807) is 12.1 Å². The van der Waals surface area contributed by atoms with Crippen molar-refractivity contribution in [3.05, 3.63) is 29.8 Å². The van der Waals surface area contributed by atoms with Crippen molar-refractivity contribution in [2.24, 2.45) is 5.73 Å². The molecule has 0 aromatic heterocycles. The molecule has 3 atom stereocenters. The Morgan fingerprint density at radius 2 is 1.59 bits per heavy atom. The first kappa shape index (κ1) is 26.7. The molecule has 32 heavy (non-hydrogen) atoms. The summed E-state index contributed by atoms with van der Waals surface area (Å²) in [6.07, 6.45) is -0.632. The van der Waals surface area contributed by atoms with Gasteiger partial charge >= 0.3 is 11.9 Å². The Bertz CT molecular complexity index is 833. The summed E-state index contributed by atoms with van der Waals surface area (Å²) in [5.41, 5.74) is 6.51. The van der Waals surface area contributed by atoms with Crippen LogP contribution in [-0.2, 0) is 30.4 Å². The maximum Gasteiger partial charge on any atom is 0.326 e. The molecule has 12 nitrogen and oxygen atoms in total. The van der Waals surface area contributed by atoms with Crippen molar-refractivity contribution in [2.45, 2.75) is 37.4 Å². The van der Waals surface area contributed by atoms with Crippen molar-refractivity contribution in [1.82, 2.24) is 16.0 Å². The monoisotopic (exact) mass is 470 g/mol. The third-order valence-electron chi connectivity index (χ3n) is 4.25. The third kappa shape index (κ3) is 9.66. The molecule has 0 aliphatic carbocycles. The molecule has 0 heterocycles. The molecule has 0 spiro atoms. The van der Waals surface area contributed by atoms with E-state index in [2.05, 4.69) is 28.6 Å². The maximum absolute atomic E-state index is 12.2. The maximum atomic E-state index is 12.2. The van der Waals surface area contributed by atoms with Gasteiger partial charge in [-0.15, -0.1) is 0 Å². The van der Waals surface area contributed by atoms with Crippen molar-refractivity contribution in [3.63, 3.8) is 0 Å². The zero-order valence-electron chi connectivity index (χ0n) is 17.0. The SMILES string of the molecule is NC(Cc1ccc(O)cc1)C(=O)NCC(=O)NC(CS)C(=O)NC(CCC(=O)O)C(=O)O.